The van der Waals surface area contributed by atoms with Crippen LogP contribution >= 0.6 is 0 Å². The molecule has 1 aliphatic heterocycles. The molecule has 6 nitrogen and oxygen atoms in total. The number of hydrogen-bond donors (Lipinski definition) is 0. The zero-order chi connectivity index (χ0) is 21.8. The van der Waals surface area contributed by atoms with Crippen molar-refractivity contribution in [2.24, 2.45) is 0 Å². The van der Waals surface area contributed by atoms with E-state index in [1.54, 1.807) is 18.5 Å². The highest BCUT2D eigenvalue weighted by molar-refractivity contribution is 5.76. The molecule has 0 unspecified atom stereocenters. The number of aryl methyl sites for hydroxylation is 3. The third-order valence-corrected chi connectivity index (χ3v) is 5.76. The van der Waals surface area contributed by atoms with E-state index < -0.39 is 0 Å². The Morgan fingerprint density at radius 1 is 1.23 bits per heavy atom. The zero-order valence-corrected chi connectivity index (χ0v) is 18.1. The molecule has 3 aromatic rings. The number of benzene rings is 1. The summed E-state index contributed by atoms with van der Waals surface area (Å²) in [5, 5.41) is 4.47. The minimum atomic E-state index is -0.255. The monoisotopic (exact) mass is 421 g/mol. The quantitative estimate of drug-likeness (QED) is 0.575. The van der Waals surface area contributed by atoms with Crippen molar-refractivity contribution in [1.29, 1.82) is 0 Å². The molecule has 0 saturated carbocycles. The van der Waals surface area contributed by atoms with E-state index in [2.05, 4.69) is 10.1 Å². The summed E-state index contributed by atoms with van der Waals surface area (Å²) in [4.78, 5) is 24.0. The number of halogens is 1. The fraction of sp³-hybridized carbons (Fsp3) is 0.417. The second-order valence-electron chi connectivity index (χ2n) is 8.24. The average Bonchev–Trinajstić information content (AvgIpc) is 3.34. The first-order valence-electron chi connectivity index (χ1n) is 10.9. The maximum absolute atomic E-state index is 13.5. The molecule has 0 radical (unpaired) electrons. The van der Waals surface area contributed by atoms with Crippen LogP contribution in [0.3, 0.4) is 0 Å². The van der Waals surface area contributed by atoms with Crippen molar-refractivity contribution in [3.8, 4) is 0 Å². The Morgan fingerprint density at radius 3 is 2.87 bits per heavy atom. The SMILES string of the molecule is Cc1cc(C)n(CCCC(=O)N2CCC[C@@H]2c2cncc(Cc3cccc(F)c3)n2)n1. The van der Waals surface area contributed by atoms with Crippen LogP contribution in [0.15, 0.2) is 42.7 Å². The summed E-state index contributed by atoms with van der Waals surface area (Å²) in [5.41, 5.74) is 4.58. The third-order valence-electron chi connectivity index (χ3n) is 5.76. The van der Waals surface area contributed by atoms with Gasteiger partial charge in [-0.1, -0.05) is 12.1 Å². The predicted molar refractivity (Wildman–Crippen MR) is 116 cm³/mol. The summed E-state index contributed by atoms with van der Waals surface area (Å²) < 4.78 is 15.4. The Labute approximate surface area is 182 Å². The van der Waals surface area contributed by atoms with Crippen molar-refractivity contribution in [2.75, 3.05) is 6.54 Å². The Bertz CT molecular complexity index is 1060. The van der Waals surface area contributed by atoms with Gasteiger partial charge in [0.05, 0.1) is 29.3 Å². The summed E-state index contributed by atoms with van der Waals surface area (Å²) in [7, 11) is 0. The highest BCUT2D eigenvalue weighted by atomic mass is 19.1. The van der Waals surface area contributed by atoms with Crippen molar-refractivity contribution in [2.45, 2.75) is 58.5 Å². The number of hydrogen-bond acceptors (Lipinski definition) is 4. The molecule has 0 spiro atoms. The minimum Gasteiger partial charge on any atom is -0.334 e. The van der Waals surface area contributed by atoms with Gasteiger partial charge >= 0.3 is 0 Å². The first kappa shape index (κ1) is 21.2. The van der Waals surface area contributed by atoms with E-state index in [0.29, 0.717) is 12.8 Å². The number of rotatable bonds is 7. The predicted octanol–water partition coefficient (Wildman–Crippen LogP) is 4.16. The van der Waals surface area contributed by atoms with Crippen LogP contribution in [0, 0.1) is 19.7 Å². The van der Waals surface area contributed by atoms with Crippen LogP contribution in [0.4, 0.5) is 4.39 Å². The highest BCUT2D eigenvalue weighted by Crippen LogP contribution is 2.31. The molecule has 2 aromatic heterocycles. The Morgan fingerprint density at radius 2 is 2.10 bits per heavy atom. The van der Waals surface area contributed by atoms with Crippen molar-refractivity contribution in [3.05, 3.63) is 76.9 Å². The molecule has 1 atom stereocenters. The standard InChI is InChI=1S/C24H28FN5O/c1-17-12-18(2)30(28-17)11-5-9-24(31)29-10-4-8-23(29)22-16-26-15-21(27-22)14-19-6-3-7-20(25)13-19/h3,6-7,12-13,15-16,23H,4-5,8-11,14H2,1-2H3/t23-/m1/s1. The first-order chi connectivity index (χ1) is 15.0. The molecule has 3 heterocycles. The van der Waals surface area contributed by atoms with E-state index in [0.717, 1.165) is 60.7 Å². The Balaban J connectivity index is 1.39. The van der Waals surface area contributed by atoms with Crippen LogP contribution < -0.4 is 0 Å². The molecule has 0 aliphatic carbocycles. The van der Waals surface area contributed by atoms with Gasteiger partial charge in [-0.3, -0.25) is 19.4 Å². The molecule has 162 valence electrons. The van der Waals surface area contributed by atoms with Crippen LogP contribution in [-0.4, -0.2) is 37.1 Å². The van der Waals surface area contributed by atoms with Crippen molar-refractivity contribution in [3.63, 3.8) is 0 Å². The molecule has 31 heavy (non-hydrogen) atoms. The molecule has 1 fully saturated rings. The first-order valence-corrected chi connectivity index (χ1v) is 10.9. The molecule has 0 bridgehead atoms. The van der Waals surface area contributed by atoms with Gasteiger partial charge in [-0.15, -0.1) is 0 Å². The second-order valence-corrected chi connectivity index (χ2v) is 8.24. The largest absolute Gasteiger partial charge is 0.334 e. The maximum Gasteiger partial charge on any atom is 0.223 e. The second kappa shape index (κ2) is 9.37. The molecular weight excluding hydrogens is 393 g/mol. The number of amides is 1. The van der Waals surface area contributed by atoms with Crippen molar-refractivity contribution >= 4 is 5.91 Å². The zero-order valence-electron chi connectivity index (χ0n) is 18.1. The van der Waals surface area contributed by atoms with Gasteiger partial charge in [-0.25, -0.2) is 4.39 Å². The fourth-order valence-electron chi connectivity index (χ4n) is 4.32. The lowest BCUT2D eigenvalue weighted by molar-refractivity contribution is -0.132. The molecule has 0 N–H and O–H groups in total. The summed E-state index contributed by atoms with van der Waals surface area (Å²) in [6, 6.07) is 8.54. The van der Waals surface area contributed by atoms with E-state index in [9.17, 15) is 9.18 Å². The smallest absolute Gasteiger partial charge is 0.223 e. The number of likely N-dealkylation sites (tertiary alicyclic amines) is 1. The number of aromatic nitrogens is 4. The van der Waals surface area contributed by atoms with Crippen LogP contribution in [-0.2, 0) is 17.8 Å². The van der Waals surface area contributed by atoms with Gasteiger partial charge in [0.1, 0.15) is 5.82 Å². The van der Waals surface area contributed by atoms with Crippen LogP contribution in [0.25, 0.3) is 0 Å². The summed E-state index contributed by atoms with van der Waals surface area (Å²) >= 11 is 0. The molecule has 1 aromatic carbocycles. The number of carbonyl (C=O) groups excluding carboxylic acids is 1. The lowest BCUT2D eigenvalue weighted by atomic mass is 10.1. The Kier molecular flexibility index (Phi) is 6.39. The molecule has 1 amide bonds. The molecular formula is C24H28FN5O. The average molecular weight is 422 g/mol. The molecule has 1 aliphatic rings. The molecule has 4 rings (SSSR count). The van der Waals surface area contributed by atoms with Crippen LogP contribution in [0.5, 0.6) is 0 Å². The van der Waals surface area contributed by atoms with Gasteiger partial charge in [0.25, 0.3) is 0 Å². The van der Waals surface area contributed by atoms with Crippen molar-refractivity contribution < 1.29 is 9.18 Å². The minimum absolute atomic E-state index is 0.0406. The van der Waals surface area contributed by atoms with E-state index in [1.165, 1.54) is 12.1 Å². The topological polar surface area (TPSA) is 63.9 Å². The molecule has 7 heteroatoms. The lowest BCUT2D eigenvalue weighted by Crippen LogP contribution is -2.31. The third kappa shape index (κ3) is 5.16. The van der Waals surface area contributed by atoms with Crippen LogP contribution in [0.1, 0.15) is 60.1 Å². The van der Waals surface area contributed by atoms with Gasteiger partial charge in [0.15, 0.2) is 0 Å². The van der Waals surface area contributed by atoms with Crippen LogP contribution in [0.2, 0.25) is 0 Å². The maximum atomic E-state index is 13.5. The van der Waals surface area contributed by atoms with Gasteiger partial charge in [0, 0.05) is 37.8 Å². The van der Waals surface area contributed by atoms with Gasteiger partial charge in [-0.2, -0.15) is 5.10 Å². The number of carbonyl (C=O) groups is 1. The van der Waals surface area contributed by atoms with E-state index in [1.807, 2.05) is 35.6 Å². The lowest BCUT2D eigenvalue weighted by Gasteiger charge is -2.24. The van der Waals surface area contributed by atoms with E-state index in [4.69, 9.17) is 4.98 Å². The van der Waals surface area contributed by atoms with Gasteiger partial charge in [-0.05, 0) is 56.9 Å². The summed E-state index contributed by atoms with van der Waals surface area (Å²) in [6.07, 6.45) is 7.08. The summed E-state index contributed by atoms with van der Waals surface area (Å²) in [6.45, 7) is 5.51. The normalized spacial score (nSPS) is 16.1. The highest BCUT2D eigenvalue weighted by Gasteiger charge is 2.30. The van der Waals surface area contributed by atoms with Gasteiger partial charge < -0.3 is 4.90 Å². The van der Waals surface area contributed by atoms with E-state index >= 15 is 0 Å². The van der Waals surface area contributed by atoms with E-state index in [-0.39, 0.29) is 17.8 Å². The summed E-state index contributed by atoms with van der Waals surface area (Å²) in [5.74, 6) is -0.101. The fourth-order valence-corrected chi connectivity index (χ4v) is 4.32. The Hall–Kier alpha value is -3.09. The number of nitrogens with zero attached hydrogens (tertiary/aromatic N) is 5. The molecule has 1 saturated heterocycles. The van der Waals surface area contributed by atoms with Crippen molar-refractivity contribution in [1.82, 2.24) is 24.6 Å². The van der Waals surface area contributed by atoms with Gasteiger partial charge in [0.2, 0.25) is 5.91 Å².